The number of hydrogen-bond acceptors (Lipinski definition) is 3. The summed E-state index contributed by atoms with van der Waals surface area (Å²) >= 11 is 0. The molecular formula is C13H22N2O. The highest BCUT2D eigenvalue weighted by Gasteiger charge is 1.99. The van der Waals surface area contributed by atoms with Crippen LogP contribution in [0.15, 0.2) is 24.3 Å². The highest BCUT2D eigenvalue weighted by atomic mass is 16.5. The molecule has 2 N–H and O–H groups in total. The molecule has 0 fully saturated rings. The average molecular weight is 222 g/mol. The third-order valence-electron chi connectivity index (χ3n) is 2.55. The highest BCUT2D eigenvalue weighted by molar-refractivity contribution is 5.40. The minimum Gasteiger partial charge on any atom is -0.399 e. The Kier molecular flexibility index (Phi) is 5.90. The topological polar surface area (TPSA) is 38.5 Å². The maximum absolute atomic E-state index is 5.73. The van der Waals surface area contributed by atoms with Crippen molar-refractivity contribution in [3.05, 3.63) is 29.8 Å². The van der Waals surface area contributed by atoms with E-state index in [2.05, 4.69) is 18.0 Å². The van der Waals surface area contributed by atoms with E-state index >= 15 is 0 Å². The van der Waals surface area contributed by atoms with Crippen molar-refractivity contribution < 1.29 is 4.74 Å². The third kappa shape index (κ3) is 5.14. The number of benzene rings is 1. The molecule has 0 aliphatic rings. The Morgan fingerprint density at radius 2 is 2.12 bits per heavy atom. The van der Waals surface area contributed by atoms with Crippen molar-refractivity contribution >= 4 is 5.69 Å². The first-order valence-corrected chi connectivity index (χ1v) is 5.83. The zero-order chi connectivity index (χ0) is 11.8. The van der Waals surface area contributed by atoms with Crippen LogP contribution >= 0.6 is 0 Å². The average Bonchev–Trinajstić information content (AvgIpc) is 2.27. The number of nitrogens with two attached hydrogens (primary N) is 1. The van der Waals surface area contributed by atoms with E-state index in [1.807, 2.05) is 25.1 Å². The molecule has 0 aliphatic carbocycles. The van der Waals surface area contributed by atoms with E-state index in [0.717, 1.165) is 38.4 Å². The van der Waals surface area contributed by atoms with Crippen molar-refractivity contribution in [1.82, 2.24) is 4.90 Å². The summed E-state index contributed by atoms with van der Waals surface area (Å²) in [5, 5.41) is 0. The quantitative estimate of drug-likeness (QED) is 0.564. The first-order valence-electron chi connectivity index (χ1n) is 5.83. The summed E-state index contributed by atoms with van der Waals surface area (Å²) in [4.78, 5) is 2.28. The molecule has 0 aromatic heterocycles. The summed E-state index contributed by atoms with van der Waals surface area (Å²) in [6.07, 6.45) is 1.04. The molecule has 0 heterocycles. The molecule has 0 atom stereocenters. The molecule has 0 saturated carbocycles. The van der Waals surface area contributed by atoms with Gasteiger partial charge in [-0.15, -0.1) is 0 Å². The van der Waals surface area contributed by atoms with Gasteiger partial charge in [0.1, 0.15) is 0 Å². The third-order valence-corrected chi connectivity index (χ3v) is 2.55. The number of rotatable bonds is 7. The van der Waals surface area contributed by atoms with Gasteiger partial charge in [-0.1, -0.05) is 12.1 Å². The molecule has 16 heavy (non-hydrogen) atoms. The van der Waals surface area contributed by atoms with Crippen LogP contribution < -0.4 is 5.73 Å². The minimum atomic E-state index is 0.795. The van der Waals surface area contributed by atoms with E-state index in [4.69, 9.17) is 10.5 Å². The summed E-state index contributed by atoms with van der Waals surface area (Å²) in [7, 11) is 2.12. The first kappa shape index (κ1) is 13.0. The van der Waals surface area contributed by atoms with Crippen LogP contribution in [0.3, 0.4) is 0 Å². The Morgan fingerprint density at radius 1 is 1.31 bits per heavy atom. The second-order valence-electron chi connectivity index (χ2n) is 4.00. The smallest absolute Gasteiger partial charge is 0.0593 e. The zero-order valence-electron chi connectivity index (χ0n) is 10.3. The lowest BCUT2D eigenvalue weighted by Crippen LogP contribution is -2.25. The minimum absolute atomic E-state index is 0.795. The number of nitrogens with zero attached hydrogens (tertiary/aromatic N) is 1. The molecular weight excluding hydrogens is 200 g/mol. The molecule has 0 amide bonds. The Hall–Kier alpha value is -1.06. The number of nitrogen functional groups attached to an aromatic ring is 1. The van der Waals surface area contributed by atoms with E-state index in [9.17, 15) is 0 Å². The van der Waals surface area contributed by atoms with Gasteiger partial charge in [0.15, 0.2) is 0 Å². The number of hydrogen-bond donors (Lipinski definition) is 1. The van der Waals surface area contributed by atoms with E-state index in [-0.39, 0.29) is 0 Å². The fraction of sp³-hybridized carbons (Fsp3) is 0.538. The maximum atomic E-state index is 5.73. The molecule has 1 aromatic carbocycles. The summed E-state index contributed by atoms with van der Waals surface area (Å²) in [5.74, 6) is 0. The fourth-order valence-corrected chi connectivity index (χ4v) is 1.55. The Labute approximate surface area is 98.2 Å². The van der Waals surface area contributed by atoms with Gasteiger partial charge < -0.3 is 15.4 Å². The van der Waals surface area contributed by atoms with Crippen LogP contribution in [0.2, 0.25) is 0 Å². The van der Waals surface area contributed by atoms with Crippen LogP contribution in [0, 0.1) is 0 Å². The Bertz CT molecular complexity index is 302. The second kappa shape index (κ2) is 7.25. The Balaban J connectivity index is 2.23. The van der Waals surface area contributed by atoms with Crippen molar-refractivity contribution in [2.75, 3.05) is 39.1 Å². The lowest BCUT2D eigenvalue weighted by atomic mass is 10.1. The van der Waals surface area contributed by atoms with Crippen molar-refractivity contribution in [3.63, 3.8) is 0 Å². The van der Waals surface area contributed by atoms with Crippen LogP contribution in [0.5, 0.6) is 0 Å². The van der Waals surface area contributed by atoms with Gasteiger partial charge in [0.25, 0.3) is 0 Å². The number of ether oxygens (including phenoxy) is 1. The van der Waals surface area contributed by atoms with Crippen LogP contribution in [0.25, 0.3) is 0 Å². The molecule has 0 bridgehead atoms. The molecule has 90 valence electrons. The summed E-state index contributed by atoms with van der Waals surface area (Å²) in [5.41, 5.74) is 7.87. The predicted octanol–water partition coefficient (Wildman–Crippen LogP) is 1.78. The molecule has 0 aliphatic heterocycles. The monoisotopic (exact) mass is 222 g/mol. The molecule has 0 unspecified atom stereocenters. The van der Waals surface area contributed by atoms with Crippen LogP contribution in [0.1, 0.15) is 12.5 Å². The van der Waals surface area contributed by atoms with E-state index in [1.165, 1.54) is 5.56 Å². The lowest BCUT2D eigenvalue weighted by Gasteiger charge is -2.16. The number of anilines is 1. The highest BCUT2D eigenvalue weighted by Crippen LogP contribution is 2.07. The summed E-state index contributed by atoms with van der Waals surface area (Å²) in [6.45, 7) is 5.65. The molecule has 3 nitrogen and oxygen atoms in total. The van der Waals surface area contributed by atoms with Gasteiger partial charge >= 0.3 is 0 Å². The van der Waals surface area contributed by atoms with E-state index in [0.29, 0.717) is 0 Å². The van der Waals surface area contributed by atoms with Gasteiger partial charge in [-0.3, -0.25) is 0 Å². The predicted molar refractivity (Wildman–Crippen MR) is 68.5 cm³/mol. The maximum Gasteiger partial charge on any atom is 0.0593 e. The van der Waals surface area contributed by atoms with Crippen LogP contribution in [-0.2, 0) is 11.2 Å². The SMILES string of the molecule is CCOCCN(C)CCc1cccc(N)c1. The largest absolute Gasteiger partial charge is 0.399 e. The van der Waals surface area contributed by atoms with Crippen molar-refractivity contribution in [2.45, 2.75) is 13.3 Å². The van der Waals surface area contributed by atoms with Crippen molar-refractivity contribution in [1.29, 1.82) is 0 Å². The van der Waals surface area contributed by atoms with Gasteiger partial charge in [-0.05, 0) is 38.1 Å². The molecule has 0 saturated heterocycles. The Morgan fingerprint density at radius 3 is 2.81 bits per heavy atom. The van der Waals surface area contributed by atoms with E-state index < -0.39 is 0 Å². The van der Waals surface area contributed by atoms with Crippen LogP contribution in [-0.4, -0.2) is 38.3 Å². The normalized spacial score (nSPS) is 10.9. The fourth-order valence-electron chi connectivity index (χ4n) is 1.55. The van der Waals surface area contributed by atoms with Crippen molar-refractivity contribution in [3.8, 4) is 0 Å². The molecule has 0 radical (unpaired) electrons. The molecule has 3 heteroatoms. The van der Waals surface area contributed by atoms with E-state index in [1.54, 1.807) is 0 Å². The summed E-state index contributed by atoms with van der Waals surface area (Å²) < 4.78 is 5.31. The van der Waals surface area contributed by atoms with Gasteiger partial charge in [0.05, 0.1) is 6.61 Å². The number of likely N-dealkylation sites (N-methyl/N-ethyl adjacent to an activating group) is 1. The van der Waals surface area contributed by atoms with Gasteiger partial charge in [-0.25, -0.2) is 0 Å². The van der Waals surface area contributed by atoms with Gasteiger partial charge in [0, 0.05) is 25.4 Å². The van der Waals surface area contributed by atoms with Gasteiger partial charge in [-0.2, -0.15) is 0 Å². The summed E-state index contributed by atoms with van der Waals surface area (Å²) in [6, 6.07) is 8.08. The standard InChI is InChI=1S/C13H22N2O/c1-3-16-10-9-15(2)8-7-12-5-4-6-13(14)11-12/h4-6,11H,3,7-10,14H2,1-2H3. The van der Waals surface area contributed by atoms with Crippen molar-refractivity contribution in [2.24, 2.45) is 0 Å². The zero-order valence-corrected chi connectivity index (χ0v) is 10.3. The first-order chi connectivity index (χ1) is 7.72. The lowest BCUT2D eigenvalue weighted by molar-refractivity contribution is 0.122. The van der Waals surface area contributed by atoms with Crippen LogP contribution in [0.4, 0.5) is 5.69 Å². The molecule has 1 aromatic rings. The van der Waals surface area contributed by atoms with Gasteiger partial charge in [0.2, 0.25) is 0 Å². The molecule has 1 rings (SSSR count). The second-order valence-corrected chi connectivity index (χ2v) is 4.00. The molecule has 0 spiro atoms.